The number of nitrogens with one attached hydrogen (secondary N) is 2. The number of anilines is 1. The summed E-state index contributed by atoms with van der Waals surface area (Å²) < 4.78 is 31.9. The second-order valence-corrected chi connectivity index (χ2v) is 8.49. The lowest BCUT2D eigenvalue weighted by atomic mass is 10.1. The number of amides is 1. The predicted octanol–water partition coefficient (Wildman–Crippen LogP) is 4.25. The van der Waals surface area contributed by atoms with E-state index in [9.17, 15) is 13.2 Å². The number of benzene rings is 2. The third-order valence-electron chi connectivity index (χ3n) is 4.12. The van der Waals surface area contributed by atoms with Gasteiger partial charge in [0.05, 0.1) is 5.75 Å². The van der Waals surface area contributed by atoms with Gasteiger partial charge in [-0.3, -0.25) is 4.79 Å². The summed E-state index contributed by atoms with van der Waals surface area (Å²) in [7, 11) is -3.43. The van der Waals surface area contributed by atoms with Crippen LogP contribution in [-0.2, 0) is 15.8 Å². The van der Waals surface area contributed by atoms with Crippen molar-refractivity contribution in [3.8, 4) is 0 Å². The van der Waals surface area contributed by atoms with Crippen molar-refractivity contribution in [2.75, 3.05) is 11.9 Å². The molecule has 3 aromatic rings. The Morgan fingerprint density at radius 2 is 1.93 bits per heavy atom. The van der Waals surface area contributed by atoms with Gasteiger partial charge in [-0.05, 0) is 42.8 Å². The van der Waals surface area contributed by atoms with E-state index in [0.717, 1.165) is 5.39 Å². The molecular weight excluding hydrogens is 400 g/mol. The second kappa shape index (κ2) is 8.18. The van der Waals surface area contributed by atoms with Crippen LogP contribution in [0.4, 0.5) is 5.69 Å². The minimum atomic E-state index is -3.43. The zero-order valence-electron chi connectivity index (χ0n) is 15.2. The molecule has 0 bridgehead atoms. The van der Waals surface area contributed by atoms with Crippen molar-refractivity contribution in [2.24, 2.45) is 0 Å². The summed E-state index contributed by atoms with van der Waals surface area (Å²) in [5.41, 5.74) is 2.41. The van der Waals surface area contributed by atoms with E-state index in [0.29, 0.717) is 27.4 Å². The summed E-state index contributed by atoms with van der Waals surface area (Å²) in [6.45, 7) is 5.45. The van der Waals surface area contributed by atoms with Crippen molar-refractivity contribution in [1.29, 1.82) is 0 Å². The number of sulfonamides is 1. The fraction of sp³-hybridized carbons (Fsp3) is 0.150. The van der Waals surface area contributed by atoms with Crippen molar-refractivity contribution < 1.29 is 17.6 Å². The Labute approximate surface area is 168 Å². The minimum absolute atomic E-state index is 0.154. The lowest BCUT2D eigenvalue weighted by Gasteiger charge is -2.07. The number of furan rings is 1. The van der Waals surface area contributed by atoms with E-state index in [-0.39, 0.29) is 18.1 Å². The van der Waals surface area contributed by atoms with Gasteiger partial charge in [0.15, 0.2) is 5.76 Å². The molecule has 146 valence electrons. The summed E-state index contributed by atoms with van der Waals surface area (Å²) in [4.78, 5) is 12.6. The first-order chi connectivity index (χ1) is 13.3. The van der Waals surface area contributed by atoms with E-state index < -0.39 is 15.9 Å². The summed E-state index contributed by atoms with van der Waals surface area (Å²) in [6, 6.07) is 11.8. The van der Waals surface area contributed by atoms with E-state index in [1.54, 1.807) is 49.4 Å². The number of hydrogen-bond donors (Lipinski definition) is 2. The van der Waals surface area contributed by atoms with E-state index in [1.807, 2.05) is 0 Å². The molecule has 0 atom stereocenters. The molecule has 8 heteroatoms. The fourth-order valence-electron chi connectivity index (χ4n) is 2.74. The van der Waals surface area contributed by atoms with Crippen molar-refractivity contribution in [1.82, 2.24) is 4.72 Å². The van der Waals surface area contributed by atoms with Crippen molar-refractivity contribution in [3.05, 3.63) is 77.0 Å². The van der Waals surface area contributed by atoms with Gasteiger partial charge in [-0.25, -0.2) is 13.1 Å². The van der Waals surface area contributed by atoms with Gasteiger partial charge in [0.2, 0.25) is 10.0 Å². The maximum Gasteiger partial charge on any atom is 0.291 e. The molecule has 1 aromatic heterocycles. The van der Waals surface area contributed by atoms with Crippen molar-refractivity contribution in [3.63, 3.8) is 0 Å². The summed E-state index contributed by atoms with van der Waals surface area (Å²) in [5, 5.41) is 4.10. The number of halogens is 1. The molecule has 28 heavy (non-hydrogen) atoms. The lowest BCUT2D eigenvalue weighted by Crippen LogP contribution is -2.25. The average Bonchev–Trinajstić information content (AvgIpc) is 2.98. The Morgan fingerprint density at radius 3 is 2.61 bits per heavy atom. The van der Waals surface area contributed by atoms with Gasteiger partial charge in [-0.2, -0.15) is 0 Å². The maximum absolute atomic E-state index is 12.6. The molecule has 0 unspecified atom stereocenters. The monoisotopic (exact) mass is 418 g/mol. The van der Waals surface area contributed by atoms with Crippen LogP contribution < -0.4 is 10.0 Å². The van der Waals surface area contributed by atoms with Crippen LogP contribution in [0.25, 0.3) is 11.0 Å². The number of rotatable bonds is 7. The number of fused-ring (bicyclic) bond motifs is 1. The van der Waals surface area contributed by atoms with Gasteiger partial charge >= 0.3 is 0 Å². The highest BCUT2D eigenvalue weighted by Gasteiger charge is 2.18. The predicted molar refractivity (Wildman–Crippen MR) is 111 cm³/mol. The zero-order chi connectivity index (χ0) is 20.3. The van der Waals surface area contributed by atoms with Crippen LogP contribution in [0, 0.1) is 6.92 Å². The molecule has 0 radical (unpaired) electrons. The largest absolute Gasteiger partial charge is 0.451 e. The summed E-state index contributed by atoms with van der Waals surface area (Å²) >= 11 is 6.00. The minimum Gasteiger partial charge on any atom is -0.451 e. The smallest absolute Gasteiger partial charge is 0.291 e. The third-order valence-corrected chi connectivity index (χ3v) is 5.68. The standard InChI is InChI=1S/C20H19ClN2O4S/c1-3-10-22-28(25,26)12-14-4-7-16(8-5-14)23-20(24)19-13(2)17-11-15(21)6-9-18(17)27-19/h3-9,11,22H,1,10,12H2,2H3,(H,23,24). The molecule has 0 aliphatic carbocycles. The van der Waals surface area contributed by atoms with Crippen LogP contribution in [0.2, 0.25) is 5.02 Å². The molecule has 0 aliphatic rings. The fourth-order valence-corrected chi connectivity index (χ4v) is 4.02. The summed E-state index contributed by atoms with van der Waals surface area (Å²) in [5.74, 6) is -0.339. The molecule has 0 saturated carbocycles. The van der Waals surface area contributed by atoms with Crippen LogP contribution in [0.15, 0.2) is 59.5 Å². The molecule has 2 N–H and O–H groups in total. The van der Waals surface area contributed by atoms with E-state index in [4.69, 9.17) is 16.0 Å². The van der Waals surface area contributed by atoms with Gasteiger partial charge in [-0.15, -0.1) is 6.58 Å². The van der Waals surface area contributed by atoms with Gasteiger partial charge in [0, 0.05) is 28.2 Å². The zero-order valence-corrected chi connectivity index (χ0v) is 16.7. The Hall–Kier alpha value is -2.61. The first-order valence-electron chi connectivity index (χ1n) is 8.46. The van der Waals surface area contributed by atoms with Crippen molar-refractivity contribution in [2.45, 2.75) is 12.7 Å². The van der Waals surface area contributed by atoms with Gasteiger partial charge in [-0.1, -0.05) is 29.8 Å². The molecule has 1 heterocycles. The molecule has 0 spiro atoms. The van der Waals surface area contributed by atoms with E-state index in [1.165, 1.54) is 6.08 Å². The third kappa shape index (κ3) is 4.62. The molecule has 0 fully saturated rings. The topological polar surface area (TPSA) is 88.4 Å². The Balaban J connectivity index is 1.73. The first-order valence-corrected chi connectivity index (χ1v) is 10.5. The van der Waals surface area contributed by atoms with Crippen LogP contribution in [0.3, 0.4) is 0 Å². The Bertz CT molecular complexity index is 1130. The van der Waals surface area contributed by atoms with Gasteiger partial charge in [0.1, 0.15) is 5.58 Å². The first kappa shape index (κ1) is 20.1. The molecule has 1 amide bonds. The highest BCUT2D eigenvalue weighted by atomic mass is 35.5. The summed E-state index contributed by atoms with van der Waals surface area (Å²) in [6.07, 6.45) is 1.48. The molecule has 6 nitrogen and oxygen atoms in total. The van der Waals surface area contributed by atoms with Crippen LogP contribution in [-0.4, -0.2) is 20.9 Å². The van der Waals surface area contributed by atoms with Crippen LogP contribution >= 0.6 is 11.6 Å². The Kier molecular flexibility index (Phi) is 5.88. The molecular formula is C20H19ClN2O4S. The number of carbonyl (C=O) groups is 1. The average molecular weight is 419 g/mol. The number of hydrogen-bond acceptors (Lipinski definition) is 4. The SMILES string of the molecule is C=CCNS(=O)(=O)Cc1ccc(NC(=O)c2oc3ccc(Cl)cc3c2C)cc1. The number of aryl methyl sites for hydroxylation is 1. The quantitative estimate of drug-likeness (QED) is 0.561. The molecule has 0 aliphatic heterocycles. The van der Waals surface area contributed by atoms with Crippen molar-refractivity contribution >= 4 is 44.2 Å². The van der Waals surface area contributed by atoms with Gasteiger partial charge in [0.25, 0.3) is 5.91 Å². The molecule has 0 saturated heterocycles. The van der Waals surface area contributed by atoms with Crippen LogP contribution in [0.1, 0.15) is 21.7 Å². The second-order valence-electron chi connectivity index (χ2n) is 6.24. The van der Waals surface area contributed by atoms with Crippen LogP contribution in [0.5, 0.6) is 0 Å². The van der Waals surface area contributed by atoms with E-state index >= 15 is 0 Å². The van der Waals surface area contributed by atoms with Gasteiger partial charge < -0.3 is 9.73 Å². The number of carbonyl (C=O) groups excluding carboxylic acids is 1. The van der Waals surface area contributed by atoms with E-state index in [2.05, 4.69) is 16.6 Å². The molecule has 2 aromatic carbocycles. The Morgan fingerprint density at radius 1 is 1.21 bits per heavy atom. The maximum atomic E-state index is 12.6. The normalized spacial score (nSPS) is 11.5. The highest BCUT2D eigenvalue weighted by molar-refractivity contribution is 7.88. The molecule has 3 rings (SSSR count). The highest BCUT2D eigenvalue weighted by Crippen LogP contribution is 2.28. The lowest BCUT2D eigenvalue weighted by molar-refractivity contribution is 0.0998.